The molecular formula is C15H22N2OS. The van der Waals surface area contributed by atoms with Crippen LogP contribution in [-0.4, -0.2) is 17.7 Å². The molecule has 2 atom stereocenters. The fourth-order valence-electron chi connectivity index (χ4n) is 2.59. The lowest BCUT2D eigenvalue weighted by atomic mass is 10.0. The van der Waals surface area contributed by atoms with E-state index in [1.54, 1.807) is 0 Å². The fraction of sp³-hybridized carbons (Fsp3) is 0.533. The predicted molar refractivity (Wildman–Crippen MR) is 81.4 cm³/mol. The van der Waals surface area contributed by atoms with Crippen LogP contribution in [0.1, 0.15) is 32.6 Å². The Morgan fingerprint density at radius 3 is 2.68 bits per heavy atom. The molecule has 0 saturated heterocycles. The number of hydrogen-bond donors (Lipinski definition) is 2. The first-order valence-corrected chi connectivity index (χ1v) is 7.90. The monoisotopic (exact) mass is 278 g/mol. The number of benzene rings is 1. The van der Waals surface area contributed by atoms with Crippen molar-refractivity contribution in [3.05, 3.63) is 24.3 Å². The second-order valence-corrected chi connectivity index (χ2v) is 6.37. The summed E-state index contributed by atoms with van der Waals surface area (Å²) in [4.78, 5) is 12.2. The summed E-state index contributed by atoms with van der Waals surface area (Å²) >= 11 is 1.87. The molecule has 0 radical (unpaired) electrons. The Morgan fingerprint density at radius 1 is 1.37 bits per heavy atom. The lowest BCUT2D eigenvalue weighted by Crippen LogP contribution is -2.24. The summed E-state index contributed by atoms with van der Waals surface area (Å²) in [5.41, 5.74) is 6.93. The van der Waals surface area contributed by atoms with Gasteiger partial charge in [-0.2, -0.15) is 0 Å². The van der Waals surface area contributed by atoms with Crippen LogP contribution < -0.4 is 11.1 Å². The van der Waals surface area contributed by atoms with E-state index in [9.17, 15) is 4.79 Å². The number of thioether (sulfide) groups is 1. The molecule has 2 unspecified atom stereocenters. The average Bonchev–Trinajstić information content (AvgIpc) is 2.77. The van der Waals surface area contributed by atoms with Crippen molar-refractivity contribution in [3.63, 3.8) is 0 Å². The molecule has 4 heteroatoms. The molecule has 0 bridgehead atoms. The number of rotatable bonds is 5. The van der Waals surface area contributed by atoms with Gasteiger partial charge in [-0.3, -0.25) is 4.79 Å². The van der Waals surface area contributed by atoms with Crippen molar-refractivity contribution in [2.75, 3.05) is 11.1 Å². The molecule has 1 amide bonds. The number of amides is 1. The highest BCUT2D eigenvalue weighted by atomic mass is 32.2. The second-order valence-electron chi connectivity index (χ2n) is 5.20. The molecule has 0 aromatic heterocycles. The van der Waals surface area contributed by atoms with Crippen molar-refractivity contribution in [2.45, 2.75) is 43.5 Å². The summed E-state index contributed by atoms with van der Waals surface area (Å²) < 4.78 is 0. The maximum Gasteiger partial charge on any atom is 0.221 e. The third-order valence-electron chi connectivity index (χ3n) is 3.65. The number of nitrogens with two attached hydrogens (primary N) is 1. The first-order chi connectivity index (χ1) is 9.15. The van der Waals surface area contributed by atoms with E-state index in [0.29, 0.717) is 12.0 Å². The van der Waals surface area contributed by atoms with E-state index in [1.807, 2.05) is 23.9 Å². The third kappa shape index (κ3) is 4.55. The quantitative estimate of drug-likeness (QED) is 0.813. The van der Waals surface area contributed by atoms with E-state index in [1.165, 1.54) is 37.5 Å². The normalized spacial score (nSPS) is 22.4. The van der Waals surface area contributed by atoms with Gasteiger partial charge in [-0.05, 0) is 55.2 Å². The van der Waals surface area contributed by atoms with E-state index in [2.05, 4.69) is 17.4 Å². The maximum atomic E-state index is 10.9. The summed E-state index contributed by atoms with van der Waals surface area (Å²) in [6.07, 6.45) is 4.99. The van der Waals surface area contributed by atoms with Gasteiger partial charge >= 0.3 is 0 Å². The van der Waals surface area contributed by atoms with Crippen LogP contribution in [0.4, 0.5) is 5.69 Å². The zero-order valence-electron chi connectivity index (χ0n) is 11.4. The van der Waals surface area contributed by atoms with Crippen molar-refractivity contribution in [1.82, 2.24) is 0 Å². The molecule has 3 N–H and O–H groups in total. The highest BCUT2D eigenvalue weighted by molar-refractivity contribution is 7.99. The summed E-state index contributed by atoms with van der Waals surface area (Å²) in [6.45, 7) is 1.52. The third-order valence-corrected chi connectivity index (χ3v) is 4.70. The van der Waals surface area contributed by atoms with Gasteiger partial charge in [-0.1, -0.05) is 6.42 Å². The molecule has 2 rings (SSSR count). The highest BCUT2D eigenvalue weighted by Crippen LogP contribution is 2.30. The van der Waals surface area contributed by atoms with E-state index >= 15 is 0 Å². The molecule has 1 saturated carbocycles. The van der Waals surface area contributed by atoms with Gasteiger partial charge in [0, 0.05) is 23.5 Å². The van der Waals surface area contributed by atoms with E-state index in [-0.39, 0.29) is 5.91 Å². The molecule has 1 aromatic rings. The fourth-order valence-corrected chi connectivity index (χ4v) is 3.57. The molecule has 3 nitrogen and oxygen atoms in total. The Hall–Kier alpha value is -1.00. The van der Waals surface area contributed by atoms with Crippen LogP contribution in [0, 0.1) is 5.92 Å². The van der Waals surface area contributed by atoms with Crippen LogP contribution in [0.2, 0.25) is 0 Å². The number of anilines is 1. The number of carbonyl (C=O) groups excluding carboxylic acids is 1. The van der Waals surface area contributed by atoms with Crippen molar-refractivity contribution < 1.29 is 4.79 Å². The van der Waals surface area contributed by atoms with Crippen molar-refractivity contribution in [1.29, 1.82) is 0 Å². The van der Waals surface area contributed by atoms with E-state index in [0.717, 1.165) is 11.4 Å². The summed E-state index contributed by atoms with van der Waals surface area (Å²) in [5.74, 6) is 1.81. The Labute approximate surface area is 119 Å². The Kier molecular flexibility index (Phi) is 5.28. The summed E-state index contributed by atoms with van der Waals surface area (Å²) in [5, 5.41) is 2.77. The second kappa shape index (κ2) is 6.96. The molecule has 1 aliphatic carbocycles. The van der Waals surface area contributed by atoms with Gasteiger partial charge < -0.3 is 11.1 Å². The minimum atomic E-state index is -0.0318. The molecule has 19 heavy (non-hydrogen) atoms. The maximum absolute atomic E-state index is 10.9. The predicted octanol–water partition coefficient (Wildman–Crippen LogP) is 3.25. The van der Waals surface area contributed by atoms with Gasteiger partial charge in [0.2, 0.25) is 5.91 Å². The minimum absolute atomic E-state index is 0.0318. The highest BCUT2D eigenvalue weighted by Gasteiger charge is 2.23. The zero-order valence-corrected chi connectivity index (χ0v) is 12.2. The van der Waals surface area contributed by atoms with Crippen molar-refractivity contribution in [3.8, 4) is 0 Å². The summed E-state index contributed by atoms with van der Waals surface area (Å²) in [7, 11) is 0. The van der Waals surface area contributed by atoms with Gasteiger partial charge in [-0.15, -0.1) is 11.8 Å². The molecule has 1 aliphatic rings. The average molecular weight is 278 g/mol. The Morgan fingerprint density at radius 2 is 2.11 bits per heavy atom. The van der Waals surface area contributed by atoms with Gasteiger partial charge in [0.05, 0.1) is 0 Å². The molecular weight excluding hydrogens is 256 g/mol. The van der Waals surface area contributed by atoms with Crippen LogP contribution in [0.25, 0.3) is 0 Å². The molecule has 0 heterocycles. The number of hydrogen-bond acceptors (Lipinski definition) is 3. The first kappa shape index (κ1) is 14.4. The van der Waals surface area contributed by atoms with Crippen LogP contribution in [0.3, 0.4) is 0 Å². The number of carbonyl (C=O) groups is 1. The molecule has 104 valence electrons. The summed E-state index contributed by atoms with van der Waals surface area (Å²) in [6, 6.07) is 8.44. The zero-order chi connectivity index (χ0) is 13.7. The lowest BCUT2D eigenvalue weighted by Gasteiger charge is -2.14. The molecule has 1 aromatic carbocycles. The van der Waals surface area contributed by atoms with Crippen LogP contribution in [0.5, 0.6) is 0 Å². The lowest BCUT2D eigenvalue weighted by molar-refractivity contribution is -0.114. The van der Waals surface area contributed by atoms with Gasteiger partial charge in [-0.25, -0.2) is 0 Å². The molecule has 0 aliphatic heterocycles. The minimum Gasteiger partial charge on any atom is -0.327 e. The van der Waals surface area contributed by atoms with Crippen LogP contribution >= 0.6 is 11.8 Å². The van der Waals surface area contributed by atoms with Crippen molar-refractivity contribution in [2.24, 2.45) is 11.7 Å². The van der Waals surface area contributed by atoms with Gasteiger partial charge in [0.15, 0.2) is 0 Å². The van der Waals surface area contributed by atoms with Crippen LogP contribution in [-0.2, 0) is 4.79 Å². The van der Waals surface area contributed by atoms with Gasteiger partial charge in [0.1, 0.15) is 0 Å². The smallest absolute Gasteiger partial charge is 0.221 e. The first-order valence-electron chi connectivity index (χ1n) is 6.91. The van der Waals surface area contributed by atoms with Crippen molar-refractivity contribution >= 4 is 23.4 Å². The number of nitrogens with one attached hydrogen (secondary N) is 1. The van der Waals surface area contributed by atoms with E-state index < -0.39 is 0 Å². The molecule has 1 fully saturated rings. The van der Waals surface area contributed by atoms with Crippen LogP contribution in [0.15, 0.2) is 29.2 Å². The SMILES string of the molecule is CC(=O)Nc1ccc(SCCC2CCCC2N)cc1. The van der Waals surface area contributed by atoms with E-state index in [4.69, 9.17) is 5.73 Å². The largest absolute Gasteiger partial charge is 0.327 e. The topological polar surface area (TPSA) is 55.1 Å². The Bertz CT molecular complexity index is 419. The molecule has 0 spiro atoms. The Balaban J connectivity index is 1.75. The standard InChI is InChI=1S/C15H22N2OS/c1-11(18)17-13-5-7-14(8-6-13)19-10-9-12-3-2-4-15(12)16/h5-8,12,15H,2-4,9-10,16H2,1H3,(H,17,18). The van der Waals surface area contributed by atoms with Gasteiger partial charge in [0.25, 0.3) is 0 Å².